The van der Waals surface area contributed by atoms with Crippen molar-refractivity contribution in [3.8, 4) is 0 Å². The largest absolute Gasteiger partial charge is 0.357 e. The SMILES string of the molecule is CCNC(=NCCCCN(CC)CC)NC1CN(C(C)C)CC1C. The first kappa shape index (κ1) is 21.2. The Labute approximate surface area is 150 Å². The van der Waals surface area contributed by atoms with Gasteiger partial charge in [0.05, 0.1) is 0 Å². The number of aliphatic imine (C=N–C) groups is 1. The zero-order valence-corrected chi connectivity index (χ0v) is 16.9. The van der Waals surface area contributed by atoms with E-state index in [9.17, 15) is 0 Å². The fourth-order valence-corrected chi connectivity index (χ4v) is 3.29. The van der Waals surface area contributed by atoms with Gasteiger partial charge in [0.1, 0.15) is 0 Å². The topological polar surface area (TPSA) is 42.9 Å². The lowest BCUT2D eigenvalue weighted by Gasteiger charge is -2.22. The van der Waals surface area contributed by atoms with Gasteiger partial charge in [-0.2, -0.15) is 0 Å². The lowest BCUT2D eigenvalue weighted by Crippen LogP contribution is -2.46. The minimum Gasteiger partial charge on any atom is -0.357 e. The van der Waals surface area contributed by atoms with Gasteiger partial charge in [0, 0.05) is 38.3 Å². The molecule has 1 aliphatic heterocycles. The first-order chi connectivity index (χ1) is 11.5. The van der Waals surface area contributed by atoms with Gasteiger partial charge in [-0.3, -0.25) is 9.89 Å². The number of rotatable bonds is 10. The van der Waals surface area contributed by atoms with Crippen molar-refractivity contribution in [2.45, 2.75) is 66.5 Å². The first-order valence-corrected chi connectivity index (χ1v) is 10.0. The highest BCUT2D eigenvalue weighted by atomic mass is 15.3. The van der Waals surface area contributed by atoms with Crippen LogP contribution in [0.1, 0.15) is 54.4 Å². The van der Waals surface area contributed by atoms with Crippen molar-refractivity contribution in [3.05, 3.63) is 0 Å². The zero-order valence-electron chi connectivity index (χ0n) is 16.9. The van der Waals surface area contributed by atoms with Crippen molar-refractivity contribution in [1.82, 2.24) is 20.4 Å². The van der Waals surface area contributed by atoms with Gasteiger partial charge in [-0.1, -0.05) is 20.8 Å². The Balaban J connectivity index is 2.40. The van der Waals surface area contributed by atoms with Crippen molar-refractivity contribution in [3.63, 3.8) is 0 Å². The maximum Gasteiger partial charge on any atom is 0.191 e. The molecule has 24 heavy (non-hydrogen) atoms. The summed E-state index contributed by atoms with van der Waals surface area (Å²) < 4.78 is 0. The zero-order chi connectivity index (χ0) is 17.9. The number of hydrogen-bond donors (Lipinski definition) is 2. The third-order valence-electron chi connectivity index (χ3n) is 5.08. The summed E-state index contributed by atoms with van der Waals surface area (Å²) in [6.45, 7) is 21.1. The van der Waals surface area contributed by atoms with Crippen LogP contribution in [0.15, 0.2) is 4.99 Å². The molecule has 0 amide bonds. The van der Waals surface area contributed by atoms with Crippen LogP contribution in [0.4, 0.5) is 0 Å². The number of guanidine groups is 1. The van der Waals surface area contributed by atoms with Crippen molar-refractivity contribution >= 4 is 5.96 Å². The summed E-state index contributed by atoms with van der Waals surface area (Å²) in [5, 5.41) is 7.07. The van der Waals surface area contributed by atoms with Gasteiger partial charge in [0.25, 0.3) is 0 Å². The second-order valence-corrected chi connectivity index (χ2v) is 7.27. The van der Waals surface area contributed by atoms with Crippen LogP contribution in [0.5, 0.6) is 0 Å². The van der Waals surface area contributed by atoms with E-state index < -0.39 is 0 Å². The Hall–Kier alpha value is -0.810. The molecule has 0 aliphatic carbocycles. The van der Waals surface area contributed by atoms with Crippen LogP contribution in [-0.4, -0.2) is 73.7 Å². The van der Waals surface area contributed by atoms with Gasteiger partial charge in [-0.05, 0) is 59.2 Å². The highest BCUT2D eigenvalue weighted by Crippen LogP contribution is 2.18. The van der Waals surface area contributed by atoms with Crippen LogP contribution in [-0.2, 0) is 0 Å². The minimum atomic E-state index is 0.501. The van der Waals surface area contributed by atoms with E-state index in [0.29, 0.717) is 18.0 Å². The quantitative estimate of drug-likeness (QED) is 0.364. The second-order valence-electron chi connectivity index (χ2n) is 7.27. The summed E-state index contributed by atoms with van der Waals surface area (Å²) in [6.07, 6.45) is 2.39. The standard InChI is InChI=1S/C19H41N5/c1-7-20-19(21-12-10-11-13-23(8-2)9-3)22-18-15-24(16(4)5)14-17(18)6/h16-18H,7-15H2,1-6H3,(H2,20,21,22). The van der Waals surface area contributed by atoms with Crippen molar-refractivity contribution < 1.29 is 0 Å². The summed E-state index contributed by atoms with van der Waals surface area (Å²) >= 11 is 0. The van der Waals surface area contributed by atoms with E-state index in [4.69, 9.17) is 4.99 Å². The predicted octanol–water partition coefficient (Wildman–Crippen LogP) is 2.39. The van der Waals surface area contributed by atoms with Crippen molar-refractivity contribution in [2.24, 2.45) is 10.9 Å². The molecule has 0 saturated carbocycles. The molecule has 1 rings (SSSR count). The van der Waals surface area contributed by atoms with E-state index in [2.05, 4.69) is 62.0 Å². The molecule has 0 aromatic rings. The molecule has 2 atom stereocenters. The molecule has 0 aromatic heterocycles. The number of likely N-dealkylation sites (tertiary alicyclic amines) is 1. The second kappa shape index (κ2) is 11.7. The summed E-state index contributed by atoms with van der Waals surface area (Å²) in [7, 11) is 0. The average molecular weight is 340 g/mol. The van der Waals surface area contributed by atoms with Crippen LogP contribution < -0.4 is 10.6 Å². The normalized spacial score (nSPS) is 22.6. The third-order valence-corrected chi connectivity index (χ3v) is 5.08. The fraction of sp³-hybridized carbons (Fsp3) is 0.947. The van der Waals surface area contributed by atoms with Crippen LogP contribution in [0.3, 0.4) is 0 Å². The lowest BCUT2D eigenvalue weighted by molar-refractivity contribution is 0.265. The summed E-state index contributed by atoms with van der Waals surface area (Å²) in [4.78, 5) is 9.82. The van der Waals surface area contributed by atoms with E-state index in [-0.39, 0.29) is 0 Å². The molecular weight excluding hydrogens is 298 g/mol. The predicted molar refractivity (Wildman–Crippen MR) is 106 cm³/mol. The number of nitrogens with zero attached hydrogens (tertiary/aromatic N) is 3. The molecule has 0 aromatic carbocycles. The number of unbranched alkanes of at least 4 members (excludes halogenated alkanes) is 1. The molecule has 2 unspecified atom stereocenters. The summed E-state index contributed by atoms with van der Waals surface area (Å²) in [6, 6.07) is 1.12. The van der Waals surface area contributed by atoms with Crippen LogP contribution in [0.25, 0.3) is 0 Å². The maximum absolute atomic E-state index is 4.79. The fourth-order valence-electron chi connectivity index (χ4n) is 3.29. The van der Waals surface area contributed by atoms with E-state index in [1.165, 1.54) is 19.5 Å². The molecule has 5 heteroatoms. The van der Waals surface area contributed by atoms with Crippen molar-refractivity contribution in [1.29, 1.82) is 0 Å². The Morgan fingerprint density at radius 2 is 1.88 bits per heavy atom. The molecule has 0 spiro atoms. The molecular formula is C19H41N5. The highest BCUT2D eigenvalue weighted by Gasteiger charge is 2.31. The summed E-state index contributed by atoms with van der Waals surface area (Å²) in [5.74, 6) is 1.65. The lowest BCUT2D eigenvalue weighted by atomic mass is 10.1. The van der Waals surface area contributed by atoms with Crippen LogP contribution >= 0.6 is 0 Å². The van der Waals surface area contributed by atoms with Crippen molar-refractivity contribution in [2.75, 3.05) is 45.8 Å². The Morgan fingerprint density at radius 1 is 1.17 bits per heavy atom. The number of hydrogen-bond acceptors (Lipinski definition) is 3. The average Bonchev–Trinajstić information content (AvgIpc) is 2.92. The van der Waals surface area contributed by atoms with E-state index in [1.807, 2.05) is 0 Å². The highest BCUT2D eigenvalue weighted by molar-refractivity contribution is 5.80. The third kappa shape index (κ3) is 7.39. The van der Waals surface area contributed by atoms with Gasteiger partial charge in [0.15, 0.2) is 5.96 Å². The smallest absolute Gasteiger partial charge is 0.191 e. The molecule has 1 saturated heterocycles. The van der Waals surface area contributed by atoms with E-state index >= 15 is 0 Å². The summed E-state index contributed by atoms with van der Waals surface area (Å²) in [5.41, 5.74) is 0. The van der Waals surface area contributed by atoms with Gasteiger partial charge < -0.3 is 15.5 Å². The molecule has 1 heterocycles. The maximum atomic E-state index is 4.79. The van der Waals surface area contributed by atoms with E-state index in [0.717, 1.165) is 45.1 Å². The molecule has 1 aliphatic rings. The van der Waals surface area contributed by atoms with Gasteiger partial charge >= 0.3 is 0 Å². The molecule has 0 bridgehead atoms. The Kier molecular flexibility index (Phi) is 10.3. The van der Waals surface area contributed by atoms with Crippen LogP contribution in [0.2, 0.25) is 0 Å². The Bertz CT molecular complexity index is 352. The first-order valence-electron chi connectivity index (χ1n) is 10.0. The number of nitrogens with one attached hydrogen (secondary N) is 2. The van der Waals surface area contributed by atoms with E-state index in [1.54, 1.807) is 0 Å². The molecule has 2 N–H and O–H groups in total. The molecule has 0 radical (unpaired) electrons. The monoisotopic (exact) mass is 339 g/mol. The van der Waals surface area contributed by atoms with Crippen LogP contribution in [0, 0.1) is 5.92 Å². The Morgan fingerprint density at radius 3 is 2.42 bits per heavy atom. The minimum absolute atomic E-state index is 0.501. The molecule has 1 fully saturated rings. The van der Waals surface area contributed by atoms with Gasteiger partial charge in [0.2, 0.25) is 0 Å². The van der Waals surface area contributed by atoms with Gasteiger partial charge in [-0.25, -0.2) is 0 Å². The molecule has 142 valence electrons. The molecule has 5 nitrogen and oxygen atoms in total. The van der Waals surface area contributed by atoms with Gasteiger partial charge in [-0.15, -0.1) is 0 Å².